The third-order valence-electron chi connectivity index (χ3n) is 3.99. The highest BCUT2D eigenvalue weighted by molar-refractivity contribution is 5.92. The van der Waals surface area contributed by atoms with Gasteiger partial charge in [-0.25, -0.2) is 9.78 Å². The Morgan fingerprint density at radius 2 is 2.26 bits per heavy atom. The molecule has 2 N–H and O–H groups in total. The van der Waals surface area contributed by atoms with Crippen molar-refractivity contribution in [3.63, 3.8) is 0 Å². The van der Waals surface area contributed by atoms with Gasteiger partial charge in [0, 0.05) is 12.5 Å². The molecule has 0 spiro atoms. The molecule has 5 nitrogen and oxygen atoms in total. The number of aromatic nitrogens is 2. The standard InChI is InChI=1S/C14H23N3O2/c1-4-11-16-12(14(18)19-3)13(15)17(11)10-7-5-6-9(2)8-10/h9-10H,4-8,15H2,1-3H3. The number of esters is 1. The lowest BCUT2D eigenvalue weighted by molar-refractivity contribution is 0.0595. The van der Waals surface area contributed by atoms with E-state index in [0.717, 1.165) is 25.1 Å². The van der Waals surface area contributed by atoms with Gasteiger partial charge in [-0.3, -0.25) is 0 Å². The van der Waals surface area contributed by atoms with Crippen LogP contribution in [0.5, 0.6) is 0 Å². The van der Waals surface area contributed by atoms with Crippen LogP contribution >= 0.6 is 0 Å². The number of hydrogen-bond donors (Lipinski definition) is 1. The topological polar surface area (TPSA) is 70.1 Å². The van der Waals surface area contributed by atoms with Gasteiger partial charge >= 0.3 is 5.97 Å². The summed E-state index contributed by atoms with van der Waals surface area (Å²) in [6.45, 7) is 4.30. The molecule has 0 radical (unpaired) electrons. The van der Waals surface area contributed by atoms with Crippen molar-refractivity contribution in [1.82, 2.24) is 9.55 Å². The number of aryl methyl sites for hydroxylation is 1. The number of nitrogens with two attached hydrogens (primary N) is 1. The van der Waals surface area contributed by atoms with Gasteiger partial charge in [0.15, 0.2) is 5.69 Å². The van der Waals surface area contributed by atoms with Crippen molar-refractivity contribution in [2.75, 3.05) is 12.8 Å². The summed E-state index contributed by atoms with van der Waals surface area (Å²) < 4.78 is 6.80. The van der Waals surface area contributed by atoms with Gasteiger partial charge in [-0.1, -0.05) is 26.7 Å². The van der Waals surface area contributed by atoms with Crippen molar-refractivity contribution < 1.29 is 9.53 Å². The van der Waals surface area contributed by atoms with E-state index in [1.54, 1.807) is 0 Å². The molecule has 0 bridgehead atoms. The minimum absolute atomic E-state index is 0.262. The van der Waals surface area contributed by atoms with Crippen molar-refractivity contribution in [1.29, 1.82) is 0 Å². The molecule has 1 saturated carbocycles. The van der Waals surface area contributed by atoms with E-state index in [9.17, 15) is 4.79 Å². The molecule has 1 heterocycles. The molecule has 0 aliphatic heterocycles. The lowest BCUT2D eigenvalue weighted by Gasteiger charge is -2.29. The van der Waals surface area contributed by atoms with Crippen LogP contribution in [0.25, 0.3) is 0 Å². The molecule has 2 rings (SSSR count). The molecular weight excluding hydrogens is 242 g/mol. The summed E-state index contributed by atoms with van der Waals surface area (Å²) in [5.41, 5.74) is 6.39. The third kappa shape index (κ3) is 2.60. The van der Waals surface area contributed by atoms with Crippen LogP contribution in [0.2, 0.25) is 0 Å². The van der Waals surface area contributed by atoms with E-state index in [0.29, 0.717) is 17.8 Å². The number of hydrogen-bond acceptors (Lipinski definition) is 4. The fraction of sp³-hybridized carbons (Fsp3) is 0.714. The molecule has 19 heavy (non-hydrogen) atoms. The van der Waals surface area contributed by atoms with Crippen LogP contribution in [0.3, 0.4) is 0 Å². The molecule has 0 amide bonds. The Kier molecular flexibility index (Phi) is 4.12. The second kappa shape index (κ2) is 5.63. The molecule has 2 atom stereocenters. The Balaban J connectivity index is 2.38. The average Bonchev–Trinajstić information content (AvgIpc) is 2.74. The van der Waals surface area contributed by atoms with E-state index in [-0.39, 0.29) is 5.69 Å². The number of nitrogen functional groups attached to an aromatic ring is 1. The molecule has 0 saturated heterocycles. The maximum Gasteiger partial charge on any atom is 0.360 e. The summed E-state index contributed by atoms with van der Waals surface area (Å²) in [7, 11) is 1.36. The van der Waals surface area contributed by atoms with Crippen LogP contribution in [0, 0.1) is 5.92 Å². The number of ether oxygens (including phenoxy) is 1. The zero-order chi connectivity index (χ0) is 14.0. The zero-order valence-corrected chi connectivity index (χ0v) is 12.0. The van der Waals surface area contributed by atoms with Crippen LogP contribution in [0.1, 0.15) is 61.9 Å². The van der Waals surface area contributed by atoms with Gasteiger partial charge in [0.05, 0.1) is 7.11 Å². The number of carbonyl (C=O) groups is 1. The Morgan fingerprint density at radius 1 is 1.53 bits per heavy atom. The first-order valence-electron chi connectivity index (χ1n) is 7.03. The summed E-state index contributed by atoms with van der Waals surface area (Å²) in [5.74, 6) is 1.60. The molecule has 5 heteroatoms. The van der Waals surface area contributed by atoms with Crippen LogP contribution in [0.15, 0.2) is 0 Å². The maximum atomic E-state index is 11.7. The quantitative estimate of drug-likeness (QED) is 0.853. The zero-order valence-electron chi connectivity index (χ0n) is 12.0. The molecule has 106 valence electrons. The lowest BCUT2D eigenvalue weighted by atomic mass is 9.87. The average molecular weight is 265 g/mol. The first-order valence-corrected chi connectivity index (χ1v) is 7.03. The largest absolute Gasteiger partial charge is 0.464 e. The SMILES string of the molecule is CCc1nc(C(=O)OC)c(N)n1C1CCCC(C)C1. The number of nitrogens with zero attached hydrogens (tertiary/aromatic N) is 2. The highest BCUT2D eigenvalue weighted by Crippen LogP contribution is 2.35. The molecule has 1 aromatic heterocycles. The highest BCUT2D eigenvalue weighted by Gasteiger charge is 2.27. The minimum Gasteiger partial charge on any atom is -0.464 e. The second-order valence-electron chi connectivity index (χ2n) is 5.40. The predicted octanol–water partition coefficient (Wildman–Crippen LogP) is 2.57. The van der Waals surface area contributed by atoms with Crippen molar-refractivity contribution in [3.8, 4) is 0 Å². The van der Waals surface area contributed by atoms with Crippen LogP contribution < -0.4 is 5.73 Å². The summed E-state index contributed by atoms with van der Waals surface area (Å²) in [5, 5.41) is 0. The van der Waals surface area contributed by atoms with Crippen molar-refractivity contribution in [2.24, 2.45) is 5.92 Å². The Labute approximate surface area is 114 Å². The minimum atomic E-state index is -0.449. The number of anilines is 1. The summed E-state index contributed by atoms with van der Waals surface area (Å²) >= 11 is 0. The Hall–Kier alpha value is -1.52. The summed E-state index contributed by atoms with van der Waals surface area (Å²) in [4.78, 5) is 16.0. The molecule has 1 aliphatic rings. The predicted molar refractivity (Wildman–Crippen MR) is 74.0 cm³/mol. The van der Waals surface area contributed by atoms with Gasteiger partial charge in [-0.15, -0.1) is 0 Å². The second-order valence-corrected chi connectivity index (χ2v) is 5.40. The maximum absolute atomic E-state index is 11.7. The van der Waals surface area contributed by atoms with Gasteiger partial charge in [-0.05, 0) is 18.8 Å². The Bertz CT molecular complexity index is 468. The van der Waals surface area contributed by atoms with Gasteiger partial charge in [0.25, 0.3) is 0 Å². The van der Waals surface area contributed by atoms with Gasteiger partial charge < -0.3 is 15.0 Å². The van der Waals surface area contributed by atoms with Crippen molar-refractivity contribution >= 4 is 11.8 Å². The Morgan fingerprint density at radius 3 is 2.84 bits per heavy atom. The molecule has 1 aromatic rings. The summed E-state index contributed by atoms with van der Waals surface area (Å²) in [6, 6.07) is 0.365. The van der Waals surface area contributed by atoms with Crippen LogP contribution in [-0.2, 0) is 11.2 Å². The number of carbonyl (C=O) groups excluding carboxylic acids is 1. The number of rotatable bonds is 3. The van der Waals surface area contributed by atoms with E-state index in [4.69, 9.17) is 10.5 Å². The fourth-order valence-electron chi connectivity index (χ4n) is 3.03. The molecule has 1 fully saturated rings. The monoisotopic (exact) mass is 265 g/mol. The van der Waals surface area contributed by atoms with E-state index in [2.05, 4.69) is 16.5 Å². The first kappa shape index (κ1) is 13.9. The third-order valence-corrected chi connectivity index (χ3v) is 3.99. The van der Waals surface area contributed by atoms with Gasteiger partial charge in [-0.2, -0.15) is 0 Å². The van der Waals surface area contributed by atoms with E-state index in [1.807, 2.05) is 6.92 Å². The van der Waals surface area contributed by atoms with Crippen molar-refractivity contribution in [2.45, 2.75) is 52.0 Å². The van der Waals surface area contributed by atoms with Gasteiger partial charge in [0.2, 0.25) is 0 Å². The van der Waals surface area contributed by atoms with Gasteiger partial charge in [0.1, 0.15) is 11.6 Å². The molecule has 0 aromatic carbocycles. The molecule has 1 aliphatic carbocycles. The molecular formula is C14H23N3O2. The van der Waals surface area contributed by atoms with E-state index >= 15 is 0 Å². The number of methoxy groups -OCH3 is 1. The number of imidazole rings is 1. The summed E-state index contributed by atoms with van der Waals surface area (Å²) in [6.07, 6.45) is 5.47. The van der Waals surface area contributed by atoms with Crippen molar-refractivity contribution in [3.05, 3.63) is 11.5 Å². The normalized spacial score (nSPS) is 23.3. The van der Waals surface area contributed by atoms with Crippen LogP contribution in [-0.4, -0.2) is 22.6 Å². The highest BCUT2D eigenvalue weighted by atomic mass is 16.5. The fourth-order valence-corrected chi connectivity index (χ4v) is 3.03. The lowest BCUT2D eigenvalue weighted by Crippen LogP contribution is -2.21. The molecule has 2 unspecified atom stereocenters. The smallest absolute Gasteiger partial charge is 0.360 e. The first-order chi connectivity index (χ1) is 9.08. The van der Waals surface area contributed by atoms with E-state index in [1.165, 1.54) is 20.0 Å². The van der Waals surface area contributed by atoms with E-state index < -0.39 is 5.97 Å². The van der Waals surface area contributed by atoms with Crippen LogP contribution in [0.4, 0.5) is 5.82 Å².